The van der Waals surface area contributed by atoms with E-state index < -0.39 is 0 Å². The number of rotatable bonds is 10. The predicted molar refractivity (Wildman–Crippen MR) is 69.5 cm³/mol. The van der Waals surface area contributed by atoms with Crippen molar-refractivity contribution in [3.8, 4) is 0 Å². The summed E-state index contributed by atoms with van der Waals surface area (Å²) in [6.07, 6.45) is 0. The fourth-order valence-electron chi connectivity index (χ4n) is 1.10. The third kappa shape index (κ3) is 7.36. The molecule has 2 unspecified atom stereocenters. The van der Waals surface area contributed by atoms with Crippen molar-refractivity contribution in [1.82, 2.24) is 0 Å². The van der Waals surface area contributed by atoms with Gasteiger partial charge in [0.2, 0.25) is 0 Å². The summed E-state index contributed by atoms with van der Waals surface area (Å²) in [5.41, 5.74) is 0. The van der Waals surface area contributed by atoms with E-state index in [-0.39, 0.29) is 20.9 Å². The Morgan fingerprint density at radius 2 is 1.40 bits per heavy atom. The monoisotopic (exact) mass is 364 g/mol. The van der Waals surface area contributed by atoms with Gasteiger partial charge in [-0.1, -0.05) is 0 Å². The molecule has 0 spiro atoms. The van der Waals surface area contributed by atoms with E-state index in [1.807, 2.05) is 23.5 Å². The van der Waals surface area contributed by atoms with E-state index in [2.05, 4.69) is 0 Å². The predicted octanol–water partition coefficient (Wildman–Crippen LogP) is 1.79. The van der Waals surface area contributed by atoms with Gasteiger partial charge in [0.05, 0.1) is 0 Å². The molecule has 0 radical (unpaired) electrons. The SMILES string of the molecule is C(C[Te]CCOCC1CS1)OCC1CS1. The Bertz CT molecular complexity index is 157. The molecule has 2 aliphatic heterocycles. The molecule has 5 heteroatoms. The molecule has 0 aromatic heterocycles. The fraction of sp³-hybridized carbons (Fsp3) is 1.00. The molecule has 2 aliphatic rings. The summed E-state index contributed by atoms with van der Waals surface area (Å²) < 4.78 is 13.8. The van der Waals surface area contributed by atoms with E-state index in [0.717, 1.165) is 36.9 Å². The normalized spacial score (nSPS) is 28.0. The minimum absolute atomic E-state index is 0.172. The van der Waals surface area contributed by atoms with Crippen LogP contribution in [0.1, 0.15) is 0 Å². The average molecular weight is 362 g/mol. The van der Waals surface area contributed by atoms with E-state index in [0.29, 0.717) is 0 Å². The third-order valence-electron chi connectivity index (χ3n) is 2.16. The molecular formula is C10H18O2S2Te. The Hall–Kier alpha value is 1.41. The van der Waals surface area contributed by atoms with Crippen molar-refractivity contribution in [1.29, 1.82) is 0 Å². The van der Waals surface area contributed by atoms with Crippen LogP contribution in [-0.2, 0) is 9.47 Å². The van der Waals surface area contributed by atoms with Crippen LogP contribution in [0.15, 0.2) is 0 Å². The second-order valence-electron chi connectivity index (χ2n) is 3.67. The molecule has 0 aromatic rings. The maximum absolute atomic E-state index is 5.58. The summed E-state index contributed by atoms with van der Waals surface area (Å²) in [4.78, 5) is 0. The summed E-state index contributed by atoms with van der Waals surface area (Å²) in [6.45, 7) is 3.98. The Morgan fingerprint density at radius 1 is 0.933 bits per heavy atom. The van der Waals surface area contributed by atoms with Crippen LogP contribution in [0.4, 0.5) is 0 Å². The summed E-state index contributed by atoms with van der Waals surface area (Å²) in [5.74, 6) is 2.65. The van der Waals surface area contributed by atoms with Gasteiger partial charge in [-0.05, 0) is 0 Å². The zero-order chi connectivity index (χ0) is 10.3. The standard InChI is InChI=1S/C10H18O2S2Te/c1(11-5-9-7-13-9)3-15-4-2-12-6-10-8-14-10/h9-10H,1-8H2. The number of ether oxygens (including phenoxy) is 2. The zero-order valence-corrected chi connectivity index (χ0v) is 12.8. The van der Waals surface area contributed by atoms with Crippen LogP contribution < -0.4 is 0 Å². The van der Waals surface area contributed by atoms with E-state index in [4.69, 9.17) is 9.47 Å². The molecule has 0 aliphatic carbocycles. The van der Waals surface area contributed by atoms with Gasteiger partial charge in [0.15, 0.2) is 0 Å². The van der Waals surface area contributed by atoms with E-state index in [9.17, 15) is 0 Å². The Balaban J connectivity index is 1.23. The number of hydrogen-bond acceptors (Lipinski definition) is 4. The first kappa shape index (κ1) is 12.9. The quantitative estimate of drug-likeness (QED) is 0.335. The van der Waals surface area contributed by atoms with Gasteiger partial charge < -0.3 is 0 Å². The van der Waals surface area contributed by atoms with E-state index in [1.165, 1.54) is 20.4 Å². The summed E-state index contributed by atoms with van der Waals surface area (Å²) in [7, 11) is 0. The minimum atomic E-state index is 0.172. The average Bonchev–Trinajstić information content (AvgIpc) is 3.10. The van der Waals surface area contributed by atoms with Gasteiger partial charge in [-0.3, -0.25) is 0 Å². The number of hydrogen-bond donors (Lipinski definition) is 0. The molecule has 2 nitrogen and oxygen atoms in total. The van der Waals surface area contributed by atoms with Crippen molar-refractivity contribution in [2.45, 2.75) is 19.4 Å². The van der Waals surface area contributed by atoms with Gasteiger partial charge in [-0.2, -0.15) is 0 Å². The molecule has 2 saturated heterocycles. The number of thioether (sulfide) groups is 2. The fourth-order valence-corrected chi connectivity index (χ4v) is 3.87. The molecule has 0 bridgehead atoms. The Morgan fingerprint density at radius 3 is 1.80 bits per heavy atom. The summed E-state index contributed by atoms with van der Waals surface area (Å²) >= 11 is 4.20. The van der Waals surface area contributed by atoms with Crippen LogP contribution in [0, 0.1) is 0 Å². The first-order valence-corrected chi connectivity index (χ1v) is 10.8. The van der Waals surface area contributed by atoms with Crippen molar-refractivity contribution in [2.24, 2.45) is 0 Å². The van der Waals surface area contributed by atoms with Crippen LogP contribution in [-0.4, -0.2) is 69.4 Å². The Labute approximate surface area is 111 Å². The topological polar surface area (TPSA) is 18.5 Å². The van der Waals surface area contributed by atoms with Crippen LogP contribution >= 0.6 is 23.5 Å². The van der Waals surface area contributed by atoms with Crippen molar-refractivity contribution in [3.05, 3.63) is 0 Å². The van der Waals surface area contributed by atoms with Crippen molar-refractivity contribution in [2.75, 3.05) is 37.9 Å². The van der Waals surface area contributed by atoms with Gasteiger partial charge in [0, 0.05) is 0 Å². The molecule has 2 fully saturated rings. The van der Waals surface area contributed by atoms with Gasteiger partial charge >= 0.3 is 111 Å². The van der Waals surface area contributed by atoms with Crippen LogP contribution in [0.25, 0.3) is 0 Å². The van der Waals surface area contributed by atoms with E-state index in [1.54, 1.807) is 0 Å². The molecule has 2 rings (SSSR count). The molecule has 88 valence electrons. The van der Waals surface area contributed by atoms with Gasteiger partial charge in [0.1, 0.15) is 0 Å². The van der Waals surface area contributed by atoms with Gasteiger partial charge in [0.25, 0.3) is 0 Å². The summed E-state index contributed by atoms with van der Waals surface area (Å²) in [6, 6.07) is 0. The van der Waals surface area contributed by atoms with E-state index >= 15 is 0 Å². The molecule has 15 heavy (non-hydrogen) atoms. The molecular weight excluding hydrogens is 344 g/mol. The first-order valence-electron chi connectivity index (χ1n) is 5.41. The van der Waals surface area contributed by atoms with Gasteiger partial charge in [-0.25, -0.2) is 0 Å². The third-order valence-corrected chi connectivity index (χ3v) is 6.64. The molecule has 0 aromatic carbocycles. The molecule has 0 amide bonds. The molecule has 0 saturated carbocycles. The summed E-state index contributed by atoms with van der Waals surface area (Å²) in [5, 5.41) is 1.68. The van der Waals surface area contributed by atoms with Crippen LogP contribution in [0.5, 0.6) is 0 Å². The molecule has 2 atom stereocenters. The maximum atomic E-state index is 5.58. The second-order valence-corrected chi connectivity index (χ2v) is 9.84. The zero-order valence-electron chi connectivity index (χ0n) is 8.85. The van der Waals surface area contributed by atoms with Crippen LogP contribution in [0.3, 0.4) is 0 Å². The second kappa shape index (κ2) is 7.68. The van der Waals surface area contributed by atoms with Crippen molar-refractivity contribution in [3.63, 3.8) is 0 Å². The van der Waals surface area contributed by atoms with Crippen LogP contribution in [0.2, 0.25) is 8.94 Å². The van der Waals surface area contributed by atoms with Crippen molar-refractivity contribution >= 4 is 44.4 Å². The first-order chi connectivity index (χ1) is 7.45. The Kier molecular flexibility index (Phi) is 6.58. The molecule has 0 N–H and O–H groups in total. The van der Waals surface area contributed by atoms with Crippen molar-refractivity contribution < 1.29 is 9.47 Å². The molecule has 2 heterocycles. The van der Waals surface area contributed by atoms with Gasteiger partial charge in [-0.15, -0.1) is 0 Å².